The highest BCUT2D eigenvalue weighted by Crippen LogP contribution is 2.51. The van der Waals surface area contributed by atoms with Crippen molar-refractivity contribution in [2.24, 2.45) is 0 Å². The van der Waals surface area contributed by atoms with E-state index in [0.717, 1.165) is 41.3 Å². The average Bonchev–Trinajstić information content (AvgIpc) is 3.18. The van der Waals surface area contributed by atoms with E-state index in [-0.39, 0.29) is 11.9 Å². The molecule has 2 aromatic rings. The first-order valence-corrected chi connectivity index (χ1v) is 8.33. The zero-order chi connectivity index (χ0) is 16.1. The lowest BCUT2D eigenvalue weighted by atomic mass is 9.73. The maximum Gasteiger partial charge on any atom is 0.237 e. The molecule has 24 heavy (non-hydrogen) atoms. The predicted octanol–water partition coefficient (Wildman–Crippen LogP) is 2.38. The molecule has 2 atom stereocenters. The Morgan fingerprint density at radius 2 is 1.88 bits per heavy atom. The topological polar surface area (TPSA) is 59.6 Å². The van der Waals surface area contributed by atoms with Crippen molar-refractivity contribution in [2.45, 2.75) is 17.9 Å². The molecular weight excluding hydrogens is 304 g/mol. The molecule has 3 aliphatic rings. The standard InChI is InChI=1S/C19H18N2O3/c22-18-19(13-3-1-2-4-14(13)21-18)7-8-20-17(19)12-5-6-15-16(11-12)24-10-9-23-15/h1-6,11,17,20H,7-10H2,(H,21,22)/t17-,19+/m1/s1. The lowest BCUT2D eigenvalue weighted by molar-refractivity contribution is -0.121. The molecule has 0 aliphatic carbocycles. The second kappa shape index (κ2) is 4.98. The number of para-hydroxylation sites is 1. The third-order valence-electron chi connectivity index (χ3n) is 5.32. The van der Waals surface area contributed by atoms with Crippen LogP contribution in [0, 0.1) is 0 Å². The number of hydrogen-bond acceptors (Lipinski definition) is 4. The van der Waals surface area contributed by atoms with Gasteiger partial charge in [-0.3, -0.25) is 4.79 Å². The molecule has 1 fully saturated rings. The van der Waals surface area contributed by atoms with E-state index in [1.807, 2.05) is 36.4 Å². The number of rotatable bonds is 1. The van der Waals surface area contributed by atoms with Crippen LogP contribution in [0.15, 0.2) is 42.5 Å². The summed E-state index contributed by atoms with van der Waals surface area (Å²) in [6.45, 7) is 1.94. The molecule has 1 saturated heterocycles. The van der Waals surface area contributed by atoms with Crippen molar-refractivity contribution in [1.82, 2.24) is 5.32 Å². The molecule has 2 N–H and O–H groups in total. The van der Waals surface area contributed by atoms with E-state index in [1.165, 1.54) is 0 Å². The zero-order valence-corrected chi connectivity index (χ0v) is 13.2. The van der Waals surface area contributed by atoms with Gasteiger partial charge in [-0.05, 0) is 42.3 Å². The van der Waals surface area contributed by atoms with Crippen LogP contribution in [0.5, 0.6) is 11.5 Å². The minimum absolute atomic E-state index is 0.0722. The Morgan fingerprint density at radius 3 is 2.79 bits per heavy atom. The zero-order valence-electron chi connectivity index (χ0n) is 13.2. The summed E-state index contributed by atoms with van der Waals surface area (Å²) in [6, 6.07) is 13.9. The van der Waals surface area contributed by atoms with Crippen LogP contribution in [-0.2, 0) is 10.2 Å². The lowest BCUT2D eigenvalue weighted by Crippen LogP contribution is -2.39. The van der Waals surface area contributed by atoms with Gasteiger partial charge >= 0.3 is 0 Å². The minimum atomic E-state index is -0.555. The molecule has 0 unspecified atom stereocenters. The van der Waals surface area contributed by atoms with Gasteiger partial charge in [-0.25, -0.2) is 0 Å². The first-order valence-electron chi connectivity index (χ1n) is 8.33. The number of fused-ring (bicyclic) bond motifs is 3. The van der Waals surface area contributed by atoms with Crippen LogP contribution in [0.4, 0.5) is 5.69 Å². The molecule has 5 heteroatoms. The van der Waals surface area contributed by atoms with Gasteiger partial charge in [-0.1, -0.05) is 24.3 Å². The van der Waals surface area contributed by atoms with E-state index >= 15 is 0 Å². The number of nitrogens with one attached hydrogen (secondary N) is 2. The molecule has 0 radical (unpaired) electrons. The van der Waals surface area contributed by atoms with E-state index in [0.29, 0.717) is 13.2 Å². The normalized spacial score (nSPS) is 27.2. The molecule has 122 valence electrons. The fourth-order valence-electron chi connectivity index (χ4n) is 4.25. The number of carbonyl (C=O) groups excluding carboxylic acids is 1. The summed E-state index contributed by atoms with van der Waals surface area (Å²) in [5, 5.41) is 6.58. The van der Waals surface area contributed by atoms with E-state index in [4.69, 9.17) is 9.47 Å². The number of benzene rings is 2. The van der Waals surface area contributed by atoms with Crippen LogP contribution in [0.3, 0.4) is 0 Å². The van der Waals surface area contributed by atoms with E-state index in [1.54, 1.807) is 0 Å². The Kier molecular flexibility index (Phi) is 2.88. The van der Waals surface area contributed by atoms with Crippen LogP contribution in [0.1, 0.15) is 23.6 Å². The molecule has 0 bridgehead atoms. The first-order chi connectivity index (χ1) is 11.8. The second-order valence-electron chi connectivity index (χ2n) is 6.51. The molecule has 2 aromatic carbocycles. The smallest absolute Gasteiger partial charge is 0.237 e. The highest BCUT2D eigenvalue weighted by molar-refractivity contribution is 6.07. The number of anilines is 1. The summed E-state index contributed by atoms with van der Waals surface area (Å²) >= 11 is 0. The van der Waals surface area contributed by atoms with Crippen molar-refractivity contribution < 1.29 is 14.3 Å². The Bertz CT molecular complexity index is 835. The SMILES string of the molecule is O=C1Nc2ccccc2[C@]12CCN[C@@H]2c1ccc2c(c1)OCCO2. The van der Waals surface area contributed by atoms with Gasteiger partial charge in [0.1, 0.15) is 13.2 Å². The molecule has 3 aliphatic heterocycles. The summed E-state index contributed by atoms with van der Waals surface area (Å²) in [5.41, 5.74) is 2.51. The number of hydrogen-bond donors (Lipinski definition) is 2. The lowest BCUT2D eigenvalue weighted by Gasteiger charge is -2.30. The van der Waals surface area contributed by atoms with E-state index in [2.05, 4.69) is 16.7 Å². The average molecular weight is 322 g/mol. The summed E-state index contributed by atoms with van der Waals surface area (Å²) in [6.07, 6.45) is 0.787. The van der Waals surface area contributed by atoms with Gasteiger partial charge in [0.25, 0.3) is 0 Å². The van der Waals surface area contributed by atoms with Crippen molar-refractivity contribution in [2.75, 3.05) is 25.1 Å². The number of carbonyl (C=O) groups is 1. The van der Waals surface area contributed by atoms with Gasteiger partial charge in [0, 0.05) is 5.69 Å². The molecule has 0 aromatic heterocycles. The number of amides is 1. The van der Waals surface area contributed by atoms with Crippen molar-refractivity contribution in [3.63, 3.8) is 0 Å². The minimum Gasteiger partial charge on any atom is -0.486 e. The molecule has 5 nitrogen and oxygen atoms in total. The fraction of sp³-hybridized carbons (Fsp3) is 0.316. The molecule has 3 heterocycles. The van der Waals surface area contributed by atoms with E-state index in [9.17, 15) is 4.79 Å². The van der Waals surface area contributed by atoms with Crippen LogP contribution < -0.4 is 20.1 Å². The van der Waals surface area contributed by atoms with Crippen molar-refractivity contribution in [1.29, 1.82) is 0 Å². The van der Waals surface area contributed by atoms with Crippen molar-refractivity contribution >= 4 is 11.6 Å². The van der Waals surface area contributed by atoms with Gasteiger partial charge in [0.15, 0.2) is 11.5 Å². The van der Waals surface area contributed by atoms with Crippen molar-refractivity contribution in [3.05, 3.63) is 53.6 Å². The van der Waals surface area contributed by atoms with Crippen LogP contribution in [0.2, 0.25) is 0 Å². The fourth-order valence-corrected chi connectivity index (χ4v) is 4.25. The predicted molar refractivity (Wildman–Crippen MR) is 89.5 cm³/mol. The second-order valence-corrected chi connectivity index (χ2v) is 6.51. The third-order valence-corrected chi connectivity index (χ3v) is 5.32. The Balaban J connectivity index is 1.63. The third kappa shape index (κ3) is 1.76. The van der Waals surface area contributed by atoms with E-state index < -0.39 is 5.41 Å². The monoisotopic (exact) mass is 322 g/mol. The summed E-state index contributed by atoms with van der Waals surface area (Å²) in [7, 11) is 0. The Labute approximate surface area is 140 Å². The highest BCUT2D eigenvalue weighted by Gasteiger charge is 2.55. The van der Waals surface area contributed by atoms with Gasteiger partial charge in [-0.2, -0.15) is 0 Å². The molecule has 1 amide bonds. The first kappa shape index (κ1) is 13.9. The summed E-state index contributed by atoms with van der Waals surface area (Å²) < 4.78 is 11.3. The van der Waals surface area contributed by atoms with Crippen LogP contribution in [0.25, 0.3) is 0 Å². The Hall–Kier alpha value is -2.53. The highest BCUT2D eigenvalue weighted by atomic mass is 16.6. The van der Waals surface area contributed by atoms with Crippen molar-refractivity contribution in [3.8, 4) is 11.5 Å². The molecular formula is C19H18N2O3. The van der Waals surface area contributed by atoms with Gasteiger partial charge in [0.05, 0.1) is 11.5 Å². The maximum absolute atomic E-state index is 12.9. The number of ether oxygens (including phenoxy) is 2. The van der Waals surface area contributed by atoms with Crippen LogP contribution >= 0.6 is 0 Å². The molecule has 5 rings (SSSR count). The maximum atomic E-state index is 12.9. The summed E-state index contributed by atoms with van der Waals surface area (Å²) in [5.74, 6) is 1.61. The largest absolute Gasteiger partial charge is 0.486 e. The van der Waals surface area contributed by atoms with Crippen LogP contribution in [-0.4, -0.2) is 25.7 Å². The van der Waals surface area contributed by atoms with Gasteiger partial charge in [-0.15, -0.1) is 0 Å². The Morgan fingerprint density at radius 1 is 1.04 bits per heavy atom. The molecule has 1 spiro atoms. The van der Waals surface area contributed by atoms with Gasteiger partial charge in [0.2, 0.25) is 5.91 Å². The quantitative estimate of drug-likeness (QED) is 0.846. The summed E-state index contributed by atoms with van der Waals surface area (Å²) in [4.78, 5) is 12.9. The molecule has 0 saturated carbocycles. The van der Waals surface area contributed by atoms with Gasteiger partial charge < -0.3 is 20.1 Å².